The van der Waals surface area contributed by atoms with Crippen molar-refractivity contribution in [2.24, 2.45) is 0 Å². The highest BCUT2D eigenvalue weighted by atomic mass is 79.9. The van der Waals surface area contributed by atoms with E-state index in [9.17, 15) is 9.90 Å². The van der Waals surface area contributed by atoms with Gasteiger partial charge in [0.15, 0.2) is 5.16 Å². The Morgan fingerprint density at radius 2 is 1.96 bits per heavy atom. The maximum atomic E-state index is 11.8. The van der Waals surface area contributed by atoms with Crippen LogP contribution >= 0.6 is 27.7 Å². The average molecular weight is 438 g/mol. The number of hydrogen-bond acceptors (Lipinski definition) is 4. The Bertz CT molecular complexity index is 778. The Morgan fingerprint density at radius 3 is 2.62 bits per heavy atom. The third-order valence-electron chi connectivity index (χ3n) is 5.11. The number of nitrogens with zero attached hydrogens (tertiary/aromatic N) is 3. The highest BCUT2D eigenvalue weighted by Crippen LogP contribution is 2.48. The van der Waals surface area contributed by atoms with Crippen LogP contribution < -0.4 is 0 Å². The van der Waals surface area contributed by atoms with Crippen LogP contribution in [0.4, 0.5) is 0 Å². The van der Waals surface area contributed by atoms with Gasteiger partial charge in [-0.05, 0) is 79.4 Å². The summed E-state index contributed by atoms with van der Waals surface area (Å²) >= 11 is 4.79. The monoisotopic (exact) mass is 437 g/mol. The van der Waals surface area contributed by atoms with E-state index in [-0.39, 0.29) is 0 Å². The van der Waals surface area contributed by atoms with E-state index in [1.807, 2.05) is 4.57 Å². The Hall–Kier alpha value is -1.34. The molecule has 0 aromatic carbocycles. The van der Waals surface area contributed by atoms with Gasteiger partial charge in [-0.25, -0.2) is 0 Å². The van der Waals surface area contributed by atoms with Crippen LogP contribution in [-0.4, -0.2) is 30.6 Å². The van der Waals surface area contributed by atoms with E-state index in [4.69, 9.17) is 0 Å². The molecule has 0 amide bonds. The summed E-state index contributed by atoms with van der Waals surface area (Å²) in [5.41, 5.74) is 3.29. The summed E-state index contributed by atoms with van der Waals surface area (Å²) in [5, 5.41) is 18.7. The molecule has 0 saturated heterocycles. The third-order valence-corrected chi connectivity index (χ3v) is 7.04. The zero-order valence-electron chi connectivity index (χ0n) is 15.0. The maximum Gasteiger partial charge on any atom is 0.320 e. The molecule has 1 aromatic heterocycles. The van der Waals surface area contributed by atoms with Crippen LogP contribution in [-0.2, 0) is 4.79 Å². The first-order chi connectivity index (χ1) is 12.4. The lowest BCUT2D eigenvalue weighted by molar-refractivity contribution is -0.142. The topological polar surface area (TPSA) is 68.0 Å². The predicted molar refractivity (Wildman–Crippen MR) is 108 cm³/mol. The molecule has 1 heterocycles. The smallest absolute Gasteiger partial charge is 0.320 e. The molecule has 5 nitrogen and oxygen atoms in total. The van der Waals surface area contributed by atoms with Crippen molar-refractivity contribution in [3.05, 3.63) is 34.6 Å². The number of hydrogen-bond donors (Lipinski definition) is 1. The Balaban J connectivity index is 1.99. The number of halogens is 1. The van der Waals surface area contributed by atoms with Crippen molar-refractivity contribution >= 4 is 39.4 Å². The number of rotatable bonds is 4. The molecule has 2 aliphatic rings. The minimum atomic E-state index is -0.784. The number of carbonyl (C=O) groups is 1. The highest BCUT2D eigenvalue weighted by Gasteiger charge is 2.47. The first-order valence-electron chi connectivity index (χ1n) is 9.02. The number of carboxylic acid groups (broad SMARTS) is 1. The fourth-order valence-electron chi connectivity index (χ4n) is 3.26. The zero-order valence-corrected chi connectivity index (χ0v) is 17.4. The number of thioether (sulfide) groups is 1. The van der Waals surface area contributed by atoms with Gasteiger partial charge in [0.2, 0.25) is 4.73 Å². The second-order valence-electron chi connectivity index (χ2n) is 7.07. The predicted octanol–water partition coefficient (Wildman–Crippen LogP) is 5.45. The van der Waals surface area contributed by atoms with E-state index in [0.717, 1.165) is 37.0 Å². The molecule has 1 aromatic rings. The molecular formula is C19H24BrN3O2S. The van der Waals surface area contributed by atoms with Gasteiger partial charge in [-0.15, -0.1) is 10.2 Å². The van der Waals surface area contributed by atoms with E-state index in [0.29, 0.717) is 22.7 Å². The van der Waals surface area contributed by atoms with Gasteiger partial charge in [-0.2, -0.15) is 0 Å². The molecule has 1 N–H and O–H groups in total. The summed E-state index contributed by atoms with van der Waals surface area (Å²) < 4.78 is 1.70. The summed E-state index contributed by atoms with van der Waals surface area (Å²) in [5.74, 6) is -0.770. The quantitative estimate of drug-likeness (QED) is 0.677. The van der Waals surface area contributed by atoms with E-state index < -0.39 is 10.7 Å². The normalized spacial score (nSPS) is 22.8. The van der Waals surface area contributed by atoms with Crippen molar-refractivity contribution in [2.45, 2.75) is 68.2 Å². The minimum absolute atomic E-state index is 0.579. The number of aromatic nitrogens is 3. The van der Waals surface area contributed by atoms with E-state index in [2.05, 4.69) is 51.8 Å². The fourth-order valence-corrected chi connectivity index (χ4v) is 5.10. The largest absolute Gasteiger partial charge is 0.480 e. The van der Waals surface area contributed by atoms with Crippen molar-refractivity contribution in [1.82, 2.24) is 14.8 Å². The fraction of sp³-hybridized carbons (Fsp3) is 0.526. The van der Waals surface area contributed by atoms with Crippen LogP contribution in [0.2, 0.25) is 0 Å². The molecule has 0 unspecified atom stereocenters. The lowest BCUT2D eigenvalue weighted by Crippen LogP contribution is -2.42. The third kappa shape index (κ3) is 3.98. The zero-order chi connectivity index (χ0) is 18.7. The molecule has 0 radical (unpaired) electrons. The highest BCUT2D eigenvalue weighted by molar-refractivity contribution is 9.10. The summed E-state index contributed by atoms with van der Waals surface area (Å²) in [6, 6.07) is 0. The van der Waals surface area contributed by atoms with Crippen molar-refractivity contribution in [1.29, 1.82) is 0 Å². The molecule has 1 fully saturated rings. The molecule has 0 atom stereocenters. The Kier molecular flexibility index (Phi) is 6.07. The SMILES string of the molecule is C=C1CCCCC/C(C)=C\C=C1n1c(Br)nnc1SC1(C(=O)O)CCC1. The molecular weight excluding hydrogens is 414 g/mol. The first kappa shape index (κ1) is 19.4. The summed E-state index contributed by atoms with van der Waals surface area (Å²) in [4.78, 5) is 11.8. The van der Waals surface area contributed by atoms with Gasteiger partial charge in [0.05, 0.1) is 5.70 Å². The van der Waals surface area contributed by atoms with Gasteiger partial charge < -0.3 is 5.11 Å². The van der Waals surface area contributed by atoms with E-state index in [1.54, 1.807) is 0 Å². The number of carboxylic acids is 1. The van der Waals surface area contributed by atoms with Crippen molar-refractivity contribution in [3.63, 3.8) is 0 Å². The van der Waals surface area contributed by atoms with E-state index >= 15 is 0 Å². The summed E-state index contributed by atoms with van der Waals surface area (Å²) in [6.07, 6.45) is 12.0. The molecule has 1 saturated carbocycles. The maximum absolute atomic E-state index is 11.8. The summed E-state index contributed by atoms with van der Waals surface area (Å²) in [6.45, 7) is 6.42. The van der Waals surface area contributed by atoms with Crippen molar-refractivity contribution in [3.8, 4) is 0 Å². The van der Waals surface area contributed by atoms with Crippen molar-refractivity contribution < 1.29 is 9.90 Å². The molecule has 0 spiro atoms. The van der Waals surface area contributed by atoms with Crippen LogP contribution in [0.3, 0.4) is 0 Å². The van der Waals surface area contributed by atoms with E-state index in [1.165, 1.54) is 30.2 Å². The van der Waals surface area contributed by atoms with Crippen molar-refractivity contribution in [2.75, 3.05) is 0 Å². The van der Waals surface area contributed by atoms with Gasteiger partial charge in [0.1, 0.15) is 4.75 Å². The van der Waals surface area contributed by atoms with Gasteiger partial charge in [-0.1, -0.05) is 36.4 Å². The van der Waals surface area contributed by atoms with Gasteiger partial charge in [0.25, 0.3) is 0 Å². The molecule has 26 heavy (non-hydrogen) atoms. The molecule has 3 rings (SSSR count). The number of aliphatic carboxylic acids is 1. The number of allylic oxidation sites excluding steroid dienone is 5. The standard InChI is InChI=1S/C19H24BrN3O2S/c1-13-7-4-3-5-8-14(2)15(10-9-13)23-17(20)21-22-18(23)26-19(16(24)25)11-6-12-19/h9-10H,2-8,11-12H2,1H3,(H,24,25)/b13-9-,15-10?. The molecule has 0 bridgehead atoms. The van der Waals surface area contributed by atoms with Crippen LogP contribution in [0.15, 0.2) is 39.8 Å². The lowest BCUT2D eigenvalue weighted by Gasteiger charge is -2.36. The van der Waals surface area contributed by atoms with Gasteiger partial charge in [-0.3, -0.25) is 9.36 Å². The van der Waals surface area contributed by atoms with Gasteiger partial charge >= 0.3 is 5.97 Å². The van der Waals surface area contributed by atoms with Crippen LogP contribution in [0.25, 0.3) is 5.70 Å². The summed E-state index contributed by atoms with van der Waals surface area (Å²) in [7, 11) is 0. The second-order valence-corrected chi connectivity index (χ2v) is 9.13. The average Bonchev–Trinajstić information content (AvgIpc) is 2.91. The van der Waals surface area contributed by atoms with Crippen LogP contribution in [0.1, 0.15) is 58.3 Å². The molecule has 2 aliphatic carbocycles. The molecule has 140 valence electrons. The minimum Gasteiger partial charge on any atom is -0.480 e. The molecule has 7 heteroatoms. The van der Waals surface area contributed by atoms with Crippen LogP contribution in [0, 0.1) is 0 Å². The van der Waals surface area contributed by atoms with Crippen LogP contribution in [0.5, 0.6) is 0 Å². The lowest BCUT2D eigenvalue weighted by atomic mass is 9.84. The van der Waals surface area contributed by atoms with Gasteiger partial charge in [0, 0.05) is 0 Å². The Morgan fingerprint density at radius 1 is 1.23 bits per heavy atom. The first-order valence-corrected chi connectivity index (χ1v) is 10.6. The second kappa shape index (κ2) is 8.13. The Labute approximate surface area is 166 Å². The molecule has 0 aliphatic heterocycles.